The minimum absolute atomic E-state index is 0.117. The highest BCUT2D eigenvalue weighted by atomic mass is 35.5. The molecule has 8 heteroatoms. The number of thioether (sulfide) groups is 1. The standard InChI is InChI=1S/C17H15ClN4O2S/c1-10-13(18)4-3-5-14(10)21-15(23)9-25-16-7-6-12(8-19-16)17-20-11(2)22-24-17/h3-8H,9H2,1-2H3,(H,21,23). The molecule has 1 N–H and O–H groups in total. The number of anilines is 1. The van der Waals surface area contributed by atoms with Crippen molar-refractivity contribution in [1.82, 2.24) is 15.1 Å². The highest BCUT2D eigenvalue weighted by Gasteiger charge is 2.10. The normalized spacial score (nSPS) is 10.7. The predicted octanol–water partition coefficient (Wildman–Crippen LogP) is 4.13. The molecule has 0 atom stereocenters. The van der Waals surface area contributed by atoms with E-state index in [1.54, 1.807) is 25.3 Å². The van der Waals surface area contributed by atoms with Crippen molar-refractivity contribution in [2.24, 2.45) is 0 Å². The molecule has 2 heterocycles. The molecule has 1 aromatic carbocycles. The van der Waals surface area contributed by atoms with E-state index >= 15 is 0 Å². The van der Waals surface area contributed by atoms with Crippen LogP contribution in [0.15, 0.2) is 46.1 Å². The smallest absolute Gasteiger partial charge is 0.259 e. The van der Waals surface area contributed by atoms with Gasteiger partial charge in [0, 0.05) is 16.9 Å². The van der Waals surface area contributed by atoms with Crippen molar-refractivity contribution in [2.45, 2.75) is 18.9 Å². The molecule has 6 nitrogen and oxygen atoms in total. The Balaban J connectivity index is 1.58. The monoisotopic (exact) mass is 374 g/mol. The van der Waals surface area contributed by atoms with E-state index in [4.69, 9.17) is 16.1 Å². The summed E-state index contributed by atoms with van der Waals surface area (Å²) in [6, 6.07) is 9.07. The van der Waals surface area contributed by atoms with Gasteiger partial charge in [0.2, 0.25) is 5.91 Å². The van der Waals surface area contributed by atoms with Gasteiger partial charge in [0.1, 0.15) is 0 Å². The molecule has 0 radical (unpaired) electrons. The predicted molar refractivity (Wildman–Crippen MR) is 97.8 cm³/mol. The highest BCUT2D eigenvalue weighted by molar-refractivity contribution is 7.99. The largest absolute Gasteiger partial charge is 0.334 e. The number of nitrogens with zero attached hydrogens (tertiary/aromatic N) is 3. The van der Waals surface area contributed by atoms with E-state index in [-0.39, 0.29) is 11.7 Å². The van der Waals surface area contributed by atoms with Crippen LogP contribution in [0.4, 0.5) is 5.69 Å². The third kappa shape index (κ3) is 4.37. The number of hydrogen-bond acceptors (Lipinski definition) is 6. The number of benzene rings is 1. The first kappa shape index (κ1) is 17.4. The lowest BCUT2D eigenvalue weighted by Gasteiger charge is -2.09. The molecular weight excluding hydrogens is 360 g/mol. The van der Waals surface area contributed by atoms with E-state index in [1.807, 2.05) is 25.1 Å². The number of nitrogens with one attached hydrogen (secondary N) is 1. The number of rotatable bonds is 5. The van der Waals surface area contributed by atoms with Gasteiger partial charge in [-0.25, -0.2) is 4.98 Å². The van der Waals surface area contributed by atoms with Crippen LogP contribution < -0.4 is 5.32 Å². The van der Waals surface area contributed by atoms with Crippen LogP contribution in [0, 0.1) is 13.8 Å². The number of aryl methyl sites for hydroxylation is 1. The van der Waals surface area contributed by atoms with Crippen LogP contribution >= 0.6 is 23.4 Å². The van der Waals surface area contributed by atoms with Crippen LogP contribution in [-0.2, 0) is 4.79 Å². The summed E-state index contributed by atoms with van der Waals surface area (Å²) in [5, 5.41) is 7.96. The van der Waals surface area contributed by atoms with Gasteiger partial charge >= 0.3 is 0 Å². The van der Waals surface area contributed by atoms with Crippen molar-refractivity contribution >= 4 is 35.0 Å². The van der Waals surface area contributed by atoms with Crippen LogP contribution in [0.2, 0.25) is 5.02 Å². The highest BCUT2D eigenvalue weighted by Crippen LogP contribution is 2.24. The second-order valence-electron chi connectivity index (χ2n) is 5.28. The van der Waals surface area contributed by atoms with Crippen molar-refractivity contribution in [1.29, 1.82) is 0 Å². The summed E-state index contributed by atoms with van der Waals surface area (Å²) in [5.41, 5.74) is 2.30. The summed E-state index contributed by atoms with van der Waals surface area (Å²) >= 11 is 7.40. The van der Waals surface area contributed by atoms with Crippen LogP contribution in [0.1, 0.15) is 11.4 Å². The molecule has 0 aliphatic rings. The number of carbonyl (C=O) groups excluding carboxylic acids is 1. The summed E-state index contributed by atoms with van der Waals surface area (Å²) in [6.07, 6.45) is 1.65. The van der Waals surface area contributed by atoms with Crippen molar-refractivity contribution in [2.75, 3.05) is 11.1 Å². The number of carbonyl (C=O) groups is 1. The van der Waals surface area contributed by atoms with Crippen LogP contribution in [-0.4, -0.2) is 26.8 Å². The molecule has 3 rings (SSSR count). The van der Waals surface area contributed by atoms with Crippen molar-refractivity contribution in [3.63, 3.8) is 0 Å². The Morgan fingerprint density at radius 1 is 1.28 bits per heavy atom. The summed E-state index contributed by atoms with van der Waals surface area (Å²) < 4.78 is 5.09. The van der Waals surface area contributed by atoms with E-state index in [1.165, 1.54) is 11.8 Å². The molecule has 0 fully saturated rings. The van der Waals surface area contributed by atoms with E-state index in [9.17, 15) is 4.79 Å². The average Bonchev–Trinajstić information content (AvgIpc) is 3.04. The Hall–Kier alpha value is -2.38. The molecule has 3 aromatic rings. The molecule has 0 bridgehead atoms. The molecule has 128 valence electrons. The Labute approximate surface area is 154 Å². The first-order valence-corrected chi connectivity index (χ1v) is 8.84. The Morgan fingerprint density at radius 2 is 2.12 bits per heavy atom. The Kier molecular flexibility index (Phi) is 5.35. The molecule has 0 saturated heterocycles. The maximum Gasteiger partial charge on any atom is 0.259 e. The van der Waals surface area contributed by atoms with Gasteiger partial charge in [-0.1, -0.05) is 34.6 Å². The average molecular weight is 375 g/mol. The number of hydrogen-bond donors (Lipinski definition) is 1. The third-order valence-corrected chi connectivity index (χ3v) is 4.76. The second kappa shape index (κ2) is 7.67. The first-order chi connectivity index (χ1) is 12.0. The lowest BCUT2D eigenvalue weighted by Crippen LogP contribution is -2.15. The zero-order valence-corrected chi connectivity index (χ0v) is 15.2. The lowest BCUT2D eigenvalue weighted by molar-refractivity contribution is -0.113. The summed E-state index contributed by atoms with van der Waals surface area (Å²) in [5.74, 6) is 1.13. The zero-order valence-electron chi connectivity index (χ0n) is 13.6. The van der Waals surface area contributed by atoms with Gasteiger partial charge in [-0.15, -0.1) is 0 Å². The summed E-state index contributed by atoms with van der Waals surface area (Å²) in [4.78, 5) is 20.6. The molecule has 1 amide bonds. The third-order valence-electron chi connectivity index (χ3n) is 3.40. The fourth-order valence-electron chi connectivity index (χ4n) is 2.08. The summed E-state index contributed by atoms with van der Waals surface area (Å²) in [7, 11) is 0. The molecule has 0 saturated carbocycles. The number of aromatic nitrogens is 3. The van der Waals surface area contributed by atoms with Gasteiger partial charge in [-0.05, 0) is 43.7 Å². The molecule has 0 unspecified atom stereocenters. The van der Waals surface area contributed by atoms with Gasteiger partial charge in [-0.2, -0.15) is 4.98 Å². The molecule has 0 spiro atoms. The van der Waals surface area contributed by atoms with Crippen LogP contribution in [0.25, 0.3) is 11.5 Å². The first-order valence-electron chi connectivity index (χ1n) is 7.47. The van der Waals surface area contributed by atoms with Gasteiger partial charge in [0.05, 0.1) is 16.3 Å². The van der Waals surface area contributed by atoms with E-state index in [0.717, 1.165) is 16.2 Å². The molecular formula is C17H15ClN4O2S. The minimum Gasteiger partial charge on any atom is -0.334 e. The fourth-order valence-corrected chi connectivity index (χ4v) is 2.89. The second-order valence-corrected chi connectivity index (χ2v) is 6.68. The van der Waals surface area contributed by atoms with Crippen LogP contribution in [0.5, 0.6) is 0 Å². The van der Waals surface area contributed by atoms with E-state index in [2.05, 4.69) is 20.4 Å². The van der Waals surface area contributed by atoms with Crippen LogP contribution in [0.3, 0.4) is 0 Å². The molecule has 0 aliphatic carbocycles. The quantitative estimate of drug-likeness (QED) is 0.676. The van der Waals surface area contributed by atoms with Gasteiger partial charge in [0.25, 0.3) is 5.89 Å². The van der Waals surface area contributed by atoms with E-state index < -0.39 is 0 Å². The molecule has 2 aromatic heterocycles. The lowest BCUT2D eigenvalue weighted by atomic mass is 10.2. The van der Waals surface area contributed by atoms with Crippen molar-refractivity contribution < 1.29 is 9.32 Å². The summed E-state index contributed by atoms with van der Waals surface area (Å²) in [6.45, 7) is 3.62. The maximum absolute atomic E-state index is 12.1. The van der Waals surface area contributed by atoms with Crippen molar-refractivity contribution in [3.05, 3.63) is 52.9 Å². The van der Waals surface area contributed by atoms with E-state index in [0.29, 0.717) is 22.4 Å². The van der Waals surface area contributed by atoms with Gasteiger partial charge in [0.15, 0.2) is 5.82 Å². The molecule has 0 aliphatic heterocycles. The number of pyridine rings is 1. The van der Waals surface area contributed by atoms with Gasteiger partial charge < -0.3 is 9.84 Å². The Morgan fingerprint density at radius 3 is 2.80 bits per heavy atom. The number of halogens is 1. The number of amides is 1. The minimum atomic E-state index is -0.117. The zero-order chi connectivity index (χ0) is 17.8. The topological polar surface area (TPSA) is 80.9 Å². The Bertz CT molecular complexity index is 896. The van der Waals surface area contributed by atoms with Gasteiger partial charge in [-0.3, -0.25) is 4.79 Å². The fraction of sp³-hybridized carbons (Fsp3) is 0.176. The maximum atomic E-state index is 12.1. The molecule has 25 heavy (non-hydrogen) atoms. The van der Waals surface area contributed by atoms with Crippen molar-refractivity contribution in [3.8, 4) is 11.5 Å². The SMILES string of the molecule is Cc1noc(-c2ccc(SCC(=O)Nc3cccc(Cl)c3C)nc2)n1.